The van der Waals surface area contributed by atoms with Gasteiger partial charge in [-0.1, -0.05) is 41.5 Å². The van der Waals surface area contributed by atoms with Gasteiger partial charge in [0.15, 0.2) is 11.6 Å². The summed E-state index contributed by atoms with van der Waals surface area (Å²) in [7, 11) is 0. The quantitative estimate of drug-likeness (QED) is 0.424. The molecule has 2 saturated carbocycles. The van der Waals surface area contributed by atoms with Crippen molar-refractivity contribution in [3.63, 3.8) is 0 Å². The van der Waals surface area contributed by atoms with Crippen molar-refractivity contribution in [3.8, 4) is 0 Å². The summed E-state index contributed by atoms with van der Waals surface area (Å²) in [5, 5.41) is 0. The van der Waals surface area contributed by atoms with Crippen molar-refractivity contribution < 1.29 is 28.7 Å². The molecule has 0 radical (unpaired) electrons. The lowest BCUT2D eigenvalue weighted by Crippen LogP contribution is -2.59. The zero-order valence-electron chi connectivity index (χ0n) is 24.4. The van der Waals surface area contributed by atoms with Crippen LogP contribution in [0.5, 0.6) is 0 Å². The Kier molecular flexibility index (Phi) is 6.21. The molecule has 5 aliphatic rings. The fourth-order valence-corrected chi connectivity index (χ4v) is 9.76. The number of hydrogen-bond acceptors (Lipinski definition) is 6. The first-order valence-corrected chi connectivity index (χ1v) is 14.4. The van der Waals surface area contributed by atoms with Crippen molar-refractivity contribution in [2.75, 3.05) is 0 Å². The summed E-state index contributed by atoms with van der Waals surface area (Å²) in [6.07, 6.45) is 6.28. The van der Waals surface area contributed by atoms with Crippen molar-refractivity contribution in [3.05, 3.63) is 22.8 Å². The molecule has 5 rings (SSSR count). The van der Waals surface area contributed by atoms with Gasteiger partial charge in [0.1, 0.15) is 12.2 Å². The first-order valence-electron chi connectivity index (χ1n) is 14.4. The number of hydrogen-bond donors (Lipinski definition) is 0. The zero-order chi connectivity index (χ0) is 28.0. The molecule has 1 aliphatic heterocycles. The topological polar surface area (TPSA) is 86.7 Å². The molecule has 38 heavy (non-hydrogen) atoms. The number of carbonyl (C=O) groups is 4. The molecule has 0 aromatic rings. The number of rotatable bonds is 4. The van der Waals surface area contributed by atoms with Gasteiger partial charge in [0.05, 0.1) is 0 Å². The maximum absolute atomic E-state index is 14.2. The Bertz CT molecular complexity index is 1170. The van der Waals surface area contributed by atoms with Gasteiger partial charge in [0.25, 0.3) is 0 Å². The molecule has 0 unspecified atom stereocenters. The van der Waals surface area contributed by atoms with Crippen molar-refractivity contribution in [2.45, 2.75) is 113 Å². The number of allylic oxidation sites excluding steroid dienone is 2. The third kappa shape index (κ3) is 3.64. The third-order valence-corrected chi connectivity index (χ3v) is 11.9. The van der Waals surface area contributed by atoms with Crippen LogP contribution < -0.4 is 0 Å². The molecule has 0 aromatic carbocycles. The highest BCUT2D eigenvalue weighted by atomic mass is 16.5. The van der Waals surface area contributed by atoms with Crippen LogP contribution in [0.15, 0.2) is 22.8 Å². The van der Waals surface area contributed by atoms with Gasteiger partial charge in [-0.2, -0.15) is 0 Å². The van der Waals surface area contributed by atoms with Gasteiger partial charge in [0.2, 0.25) is 0 Å². The highest BCUT2D eigenvalue weighted by molar-refractivity contribution is 6.11. The lowest BCUT2D eigenvalue weighted by atomic mass is 9.42. The average molecular weight is 525 g/mol. The maximum atomic E-state index is 14.2. The molecule has 0 saturated heterocycles. The van der Waals surface area contributed by atoms with Crippen LogP contribution in [0.2, 0.25) is 0 Å². The molecule has 0 N–H and O–H groups in total. The van der Waals surface area contributed by atoms with E-state index in [2.05, 4.69) is 41.5 Å². The summed E-state index contributed by atoms with van der Waals surface area (Å²) in [5.41, 5.74) is 0.733. The first-order chi connectivity index (χ1) is 17.6. The van der Waals surface area contributed by atoms with E-state index in [0.29, 0.717) is 24.8 Å². The highest BCUT2D eigenvalue weighted by Gasteiger charge is 2.67. The van der Waals surface area contributed by atoms with Gasteiger partial charge in [-0.3, -0.25) is 14.4 Å². The van der Waals surface area contributed by atoms with E-state index in [1.807, 2.05) is 6.08 Å². The molecule has 8 atom stereocenters. The van der Waals surface area contributed by atoms with Crippen LogP contribution in [0.4, 0.5) is 0 Å². The number of ether oxygens (including phenoxy) is 2. The lowest BCUT2D eigenvalue weighted by molar-refractivity contribution is -0.169. The second kappa shape index (κ2) is 8.63. The number of Topliss-reactive ketones (excluding diaryl/α,β-unsaturated/α-hetero) is 2. The van der Waals surface area contributed by atoms with Crippen LogP contribution in [0.1, 0.15) is 100 Å². The van der Waals surface area contributed by atoms with Gasteiger partial charge in [-0.15, -0.1) is 0 Å². The van der Waals surface area contributed by atoms with Crippen molar-refractivity contribution in [1.29, 1.82) is 0 Å². The van der Waals surface area contributed by atoms with Crippen LogP contribution >= 0.6 is 0 Å². The predicted molar refractivity (Wildman–Crippen MR) is 143 cm³/mol. The largest absolute Gasteiger partial charge is 0.462 e. The van der Waals surface area contributed by atoms with E-state index in [0.717, 1.165) is 36.8 Å². The van der Waals surface area contributed by atoms with E-state index in [1.165, 1.54) is 6.92 Å². The Morgan fingerprint density at radius 3 is 2.34 bits per heavy atom. The highest BCUT2D eigenvalue weighted by Crippen LogP contribution is 2.71. The molecular formula is C32H44O6. The molecule has 6 nitrogen and oxygen atoms in total. The van der Waals surface area contributed by atoms with Crippen LogP contribution in [-0.2, 0) is 28.7 Å². The summed E-state index contributed by atoms with van der Waals surface area (Å²) >= 11 is 0. The molecule has 4 aliphatic carbocycles. The van der Waals surface area contributed by atoms with E-state index in [-0.39, 0.29) is 64.3 Å². The van der Waals surface area contributed by atoms with E-state index < -0.39 is 10.8 Å². The molecule has 6 heteroatoms. The van der Waals surface area contributed by atoms with Gasteiger partial charge >= 0.3 is 11.9 Å². The van der Waals surface area contributed by atoms with Crippen LogP contribution in [-0.4, -0.2) is 35.7 Å². The number of carbonyl (C=O) groups excluding carboxylic acids is 4. The normalized spacial score (nSPS) is 42.6. The third-order valence-electron chi connectivity index (χ3n) is 11.9. The molecule has 1 heterocycles. The minimum Gasteiger partial charge on any atom is -0.462 e. The Hall–Kier alpha value is -2.24. The second-order valence-electron chi connectivity index (χ2n) is 14.3. The smallest absolute Gasteiger partial charge is 0.334 e. The number of ketones is 2. The Morgan fingerprint density at radius 2 is 1.74 bits per heavy atom. The van der Waals surface area contributed by atoms with Crippen LogP contribution in [0.25, 0.3) is 0 Å². The molecular weight excluding hydrogens is 480 g/mol. The summed E-state index contributed by atoms with van der Waals surface area (Å²) in [6.45, 7) is 16.3. The van der Waals surface area contributed by atoms with E-state index in [4.69, 9.17) is 9.47 Å². The molecule has 0 spiro atoms. The van der Waals surface area contributed by atoms with Crippen LogP contribution in [0.3, 0.4) is 0 Å². The van der Waals surface area contributed by atoms with Crippen molar-refractivity contribution in [1.82, 2.24) is 0 Å². The molecule has 0 bridgehead atoms. The molecule has 0 amide bonds. The average Bonchev–Trinajstić information content (AvgIpc) is 3.26. The van der Waals surface area contributed by atoms with Gasteiger partial charge < -0.3 is 9.47 Å². The summed E-state index contributed by atoms with van der Waals surface area (Å²) in [5.74, 6) is 0.148. The summed E-state index contributed by atoms with van der Waals surface area (Å²) < 4.78 is 11.3. The zero-order valence-corrected chi connectivity index (χ0v) is 24.4. The van der Waals surface area contributed by atoms with E-state index >= 15 is 0 Å². The number of fused-ring (bicyclic) bond motifs is 4. The van der Waals surface area contributed by atoms with Gasteiger partial charge in [0, 0.05) is 52.7 Å². The lowest BCUT2D eigenvalue weighted by Gasteiger charge is -2.60. The fourth-order valence-electron chi connectivity index (χ4n) is 9.76. The van der Waals surface area contributed by atoms with Gasteiger partial charge in [-0.25, -0.2) is 4.79 Å². The molecule has 208 valence electrons. The summed E-state index contributed by atoms with van der Waals surface area (Å²) in [6, 6.07) is 0. The number of cyclic esters (lactones) is 1. The Morgan fingerprint density at radius 1 is 1.05 bits per heavy atom. The minimum absolute atomic E-state index is 0.0561. The molecule has 2 fully saturated rings. The standard InChI is InChI=1S/C32H44O6/c1-17(13-20-14-18(2)28(36)38-20)21-9-12-31(7)27-22(34)15-24-29(4,5)25(37-19(3)33)10-11-30(24,6)26(27)23(35)16-32(21,31)8/h14,17,20-21,24-25H,9-13,15-16H2,1-8H3/t17-,20-,21-,24+,25-,30+,31+,32-/m1/s1. The maximum Gasteiger partial charge on any atom is 0.334 e. The first kappa shape index (κ1) is 27.3. The van der Waals surface area contributed by atoms with Crippen LogP contribution in [0, 0.1) is 39.4 Å². The SMILES string of the molecule is CC(=O)O[C@@H]1CC[C@]2(C)C3=C(C(=O)C[C@H]2C1(C)C)[C@]1(C)CC[C@H]([C@H](C)C[C@@H]2C=C(C)C(=O)O2)[C@@]1(C)CC3=O. The Balaban J connectivity index is 1.51. The fraction of sp³-hybridized carbons (Fsp3) is 0.750. The molecule has 0 aromatic heterocycles. The number of esters is 2. The Labute approximate surface area is 227 Å². The van der Waals surface area contributed by atoms with E-state index in [1.54, 1.807) is 6.92 Å². The van der Waals surface area contributed by atoms with Gasteiger partial charge in [-0.05, 0) is 68.3 Å². The second-order valence-corrected chi connectivity index (χ2v) is 14.3. The van der Waals surface area contributed by atoms with Crippen molar-refractivity contribution in [2.24, 2.45) is 39.4 Å². The summed E-state index contributed by atoms with van der Waals surface area (Å²) in [4.78, 5) is 52.1. The minimum atomic E-state index is -0.411. The predicted octanol–water partition coefficient (Wildman–Crippen LogP) is 5.92. The van der Waals surface area contributed by atoms with E-state index in [9.17, 15) is 19.2 Å². The monoisotopic (exact) mass is 524 g/mol. The van der Waals surface area contributed by atoms with Crippen molar-refractivity contribution >= 4 is 23.5 Å².